The molecular weight excluding hydrogens is 275 g/mol. The number of hydrogen-bond donors (Lipinski definition) is 2. The van der Waals surface area contributed by atoms with Crippen molar-refractivity contribution in [1.82, 2.24) is 4.98 Å². The molecule has 0 amide bonds. The van der Waals surface area contributed by atoms with Crippen molar-refractivity contribution in [3.05, 3.63) is 47.8 Å². The highest BCUT2D eigenvalue weighted by Crippen LogP contribution is 2.26. The first kappa shape index (κ1) is 13.9. The normalized spacial score (nSPS) is 11.0. The quantitative estimate of drug-likeness (QED) is 0.839. The number of alkyl halides is 3. The number of benzene rings is 1. The number of nitrogens with one attached hydrogen (secondary N) is 2. The molecule has 1 heterocycles. The Morgan fingerprint density at radius 3 is 2.60 bits per heavy atom. The fourth-order valence-corrected chi connectivity index (χ4v) is 1.48. The zero-order valence-corrected chi connectivity index (χ0v) is 9.94. The number of aromatic nitrogens is 1. The van der Waals surface area contributed by atoms with Gasteiger partial charge in [-0.2, -0.15) is 0 Å². The van der Waals surface area contributed by atoms with Gasteiger partial charge in [-0.05, 0) is 18.2 Å². The van der Waals surface area contributed by atoms with Crippen LogP contribution in [0.25, 0.3) is 0 Å². The molecule has 0 unspecified atom stereocenters. The second-order valence-corrected chi connectivity index (χ2v) is 3.73. The second kappa shape index (κ2) is 5.66. The molecule has 1 aromatic carbocycles. The van der Waals surface area contributed by atoms with Crippen LogP contribution in [0, 0.1) is 5.21 Å². The van der Waals surface area contributed by atoms with Gasteiger partial charge in [0, 0.05) is 29.7 Å². The van der Waals surface area contributed by atoms with E-state index in [9.17, 15) is 18.4 Å². The molecule has 0 saturated heterocycles. The molecule has 0 saturated carbocycles. The van der Waals surface area contributed by atoms with Crippen LogP contribution in [0.5, 0.6) is 5.75 Å². The van der Waals surface area contributed by atoms with E-state index in [0.29, 0.717) is 11.5 Å². The second-order valence-electron chi connectivity index (χ2n) is 3.73. The predicted octanol–water partition coefficient (Wildman–Crippen LogP) is 3.63. The molecule has 2 N–H and O–H groups in total. The Kier molecular flexibility index (Phi) is 3.94. The van der Waals surface area contributed by atoms with Gasteiger partial charge in [0.25, 0.3) is 0 Å². The average molecular weight is 284 g/mol. The molecule has 0 aliphatic carbocycles. The van der Waals surface area contributed by atoms with Gasteiger partial charge >= 0.3 is 6.36 Å². The molecule has 0 bridgehead atoms. The number of nitrogens with zero attached hydrogens (tertiary/aromatic N) is 1. The number of halogens is 3. The first-order valence-electron chi connectivity index (χ1n) is 5.43. The van der Waals surface area contributed by atoms with E-state index in [4.69, 9.17) is 0 Å². The summed E-state index contributed by atoms with van der Waals surface area (Å²) in [4.78, 5) is 3.93. The lowest BCUT2D eigenvalue weighted by atomic mass is 10.3. The van der Waals surface area contributed by atoms with Gasteiger partial charge in [0.15, 0.2) is 0 Å². The van der Waals surface area contributed by atoms with Crippen molar-refractivity contribution in [1.29, 1.82) is 0 Å². The predicted molar refractivity (Wildman–Crippen MR) is 67.6 cm³/mol. The lowest BCUT2D eigenvalue weighted by molar-refractivity contribution is -0.274. The van der Waals surface area contributed by atoms with Gasteiger partial charge in [0.2, 0.25) is 0 Å². The van der Waals surface area contributed by atoms with Gasteiger partial charge in [0.1, 0.15) is 11.6 Å². The fourth-order valence-electron chi connectivity index (χ4n) is 1.48. The third-order valence-electron chi connectivity index (χ3n) is 2.22. The third kappa shape index (κ3) is 4.02. The van der Waals surface area contributed by atoms with Crippen LogP contribution in [0.2, 0.25) is 0 Å². The highest BCUT2D eigenvalue weighted by molar-refractivity contribution is 5.62. The Bertz CT molecular complexity index is 590. The van der Waals surface area contributed by atoms with Crippen LogP contribution >= 0.6 is 0 Å². The Balaban J connectivity index is 2.15. The topological polar surface area (TPSA) is 69.2 Å². The van der Waals surface area contributed by atoms with E-state index in [-0.39, 0.29) is 11.4 Å². The summed E-state index contributed by atoms with van der Waals surface area (Å²) in [6.07, 6.45) is -3.36. The first-order valence-corrected chi connectivity index (χ1v) is 5.43. The number of pyridine rings is 1. The molecular formula is C12H9F3N3O2-. The number of hydrogen-bond acceptors (Lipinski definition) is 5. The van der Waals surface area contributed by atoms with E-state index in [1.165, 1.54) is 36.5 Å². The highest BCUT2D eigenvalue weighted by Gasteiger charge is 2.31. The van der Waals surface area contributed by atoms with E-state index < -0.39 is 6.36 Å². The minimum absolute atomic E-state index is 0.283. The SMILES string of the molecule is [O-]Nc1ccnc(Nc2cccc(OC(F)(F)F)c2)c1. The van der Waals surface area contributed by atoms with Gasteiger partial charge in [0.05, 0.1) is 0 Å². The molecule has 8 heteroatoms. The van der Waals surface area contributed by atoms with Gasteiger partial charge in [-0.3, -0.25) is 0 Å². The van der Waals surface area contributed by atoms with E-state index in [1.807, 2.05) is 0 Å². The van der Waals surface area contributed by atoms with Gasteiger partial charge in [-0.25, -0.2) is 4.98 Å². The van der Waals surface area contributed by atoms with Crippen molar-refractivity contribution in [3.63, 3.8) is 0 Å². The van der Waals surface area contributed by atoms with Gasteiger partial charge in [-0.15, -0.1) is 13.2 Å². The fraction of sp³-hybridized carbons (Fsp3) is 0.0833. The average Bonchev–Trinajstić information content (AvgIpc) is 2.37. The van der Waals surface area contributed by atoms with Crippen LogP contribution < -0.4 is 15.5 Å². The zero-order chi connectivity index (χ0) is 14.6. The minimum Gasteiger partial charge on any atom is -0.761 e. The van der Waals surface area contributed by atoms with Crippen LogP contribution in [-0.2, 0) is 0 Å². The molecule has 2 aromatic rings. The summed E-state index contributed by atoms with van der Waals surface area (Å²) >= 11 is 0. The Morgan fingerprint density at radius 1 is 1.10 bits per heavy atom. The van der Waals surface area contributed by atoms with Crippen LogP contribution in [0.4, 0.5) is 30.4 Å². The van der Waals surface area contributed by atoms with Crippen LogP contribution in [0.15, 0.2) is 42.6 Å². The van der Waals surface area contributed by atoms with Crippen molar-refractivity contribution < 1.29 is 17.9 Å². The van der Waals surface area contributed by atoms with Crippen LogP contribution in [0.3, 0.4) is 0 Å². The molecule has 5 nitrogen and oxygen atoms in total. The van der Waals surface area contributed by atoms with Crippen molar-refractivity contribution in [2.24, 2.45) is 0 Å². The Labute approximate surface area is 112 Å². The summed E-state index contributed by atoms with van der Waals surface area (Å²) in [6, 6.07) is 8.18. The summed E-state index contributed by atoms with van der Waals surface area (Å²) in [5.41, 5.74) is 2.32. The van der Waals surface area contributed by atoms with Crippen molar-refractivity contribution in [2.75, 3.05) is 10.8 Å². The Hall–Kier alpha value is -2.48. The molecule has 0 radical (unpaired) electrons. The summed E-state index contributed by atoms with van der Waals surface area (Å²) in [5.74, 6) is -0.0318. The van der Waals surface area contributed by atoms with E-state index in [2.05, 4.69) is 15.0 Å². The molecule has 0 aliphatic heterocycles. The molecule has 106 valence electrons. The third-order valence-corrected chi connectivity index (χ3v) is 2.22. The summed E-state index contributed by atoms with van der Waals surface area (Å²) in [6.45, 7) is 0. The molecule has 1 aromatic heterocycles. The molecule has 0 aliphatic rings. The van der Waals surface area contributed by atoms with E-state index >= 15 is 0 Å². The molecule has 2 rings (SSSR count). The summed E-state index contributed by atoms with van der Waals surface area (Å²) < 4.78 is 40.1. The molecule has 20 heavy (non-hydrogen) atoms. The lowest BCUT2D eigenvalue weighted by Gasteiger charge is -2.12. The molecule has 0 spiro atoms. The largest absolute Gasteiger partial charge is 0.761 e. The molecule has 0 atom stereocenters. The van der Waals surface area contributed by atoms with Gasteiger partial charge < -0.3 is 20.7 Å². The van der Waals surface area contributed by atoms with Crippen molar-refractivity contribution in [3.8, 4) is 5.75 Å². The first-order chi connectivity index (χ1) is 9.46. The van der Waals surface area contributed by atoms with Gasteiger partial charge in [-0.1, -0.05) is 6.07 Å². The standard InChI is InChI=1S/C12H9F3N3O2/c13-12(14,15)20-10-3-1-2-8(6-10)17-11-7-9(18-19)4-5-16-11/h1-7H,(H2-,16,17,18,19)/q-1. The molecule has 0 fully saturated rings. The van der Waals surface area contributed by atoms with Crippen molar-refractivity contribution in [2.45, 2.75) is 6.36 Å². The number of anilines is 3. The van der Waals surface area contributed by atoms with E-state index in [1.54, 1.807) is 11.5 Å². The maximum absolute atomic E-state index is 12.1. The monoisotopic (exact) mass is 284 g/mol. The maximum atomic E-state index is 12.1. The van der Waals surface area contributed by atoms with Crippen LogP contribution in [0.1, 0.15) is 0 Å². The maximum Gasteiger partial charge on any atom is 0.573 e. The number of ether oxygens (including phenoxy) is 1. The summed E-state index contributed by atoms with van der Waals surface area (Å²) in [5, 5.41) is 13.3. The lowest BCUT2D eigenvalue weighted by Crippen LogP contribution is -2.17. The Morgan fingerprint density at radius 2 is 1.90 bits per heavy atom. The number of rotatable bonds is 4. The summed E-state index contributed by atoms with van der Waals surface area (Å²) in [7, 11) is 0. The van der Waals surface area contributed by atoms with Crippen LogP contribution in [-0.4, -0.2) is 11.3 Å². The highest BCUT2D eigenvalue weighted by atomic mass is 19.4. The smallest absolute Gasteiger partial charge is 0.573 e. The van der Waals surface area contributed by atoms with E-state index in [0.717, 1.165) is 0 Å². The van der Waals surface area contributed by atoms with Crippen molar-refractivity contribution >= 4 is 17.2 Å². The minimum atomic E-state index is -4.75. The zero-order valence-electron chi connectivity index (χ0n) is 9.94.